The number of aryl methyl sites for hydroxylation is 1. The Morgan fingerprint density at radius 2 is 2.05 bits per heavy atom. The molecule has 0 aliphatic carbocycles. The zero-order valence-corrected chi connectivity index (χ0v) is 11.0. The van der Waals surface area contributed by atoms with Gasteiger partial charge in [0.2, 0.25) is 5.91 Å². The number of hydrogen-bond acceptors (Lipinski definition) is 4. The van der Waals surface area contributed by atoms with Crippen molar-refractivity contribution in [1.82, 2.24) is 9.97 Å². The topological polar surface area (TPSA) is 80.9 Å². The van der Waals surface area contributed by atoms with E-state index < -0.39 is 0 Å². The number of aromatic nitrogens is 2. The van der Waals surface area contributed by atoms with Gasteiger partial charge in [-0.3, -0.25) is 4.79 Å². The predicted molar refractivity (Wildman–Crippen MR) is 76.3 cm³/mol. The molecule has 5 nitrogen and oxygen atoms in total. The van der Waals surface area contributed by atoms with Crippen LogP contribution in [-0.4, -0.2) is 22.4 Å². The van der Waals surface area contributed by atoms with Crippen LogP contribution >= 0.6 is 0 Å². The standard InChI is InChI=1S/C15H16N4O/c16-9-12(15-17-6-1-7-18-15)10-2-4-13-11(8-10)3-5-14(20)19-13/h1-2,4,6-8,12H,3,5,9,16H2,(H,19,20). The maximum atomic E-state index is 11.4. The third-order valence-electron chi connectivity index (χ3n) is 3.56. The molecule has 0 saturated heterocycles. The van der Waals surface area contributed by atoms with Gasteiger partial charge in [-0.1, -0.05) is 12.1 Å². The minimum atomic E-state index is -0.0147. The lowest BCUT2D eigenvalue weighted by Crippen LogP contribution is -2.20. The molecule has 1 aromatic heterocycles. The van der Waals surface area contributed by atoms with Crippen molar-refractivity contribution in [3.8, 4) is 0 Å². The maximum Gasteiger partial charge on any atom is 0.224 e. The molecule has 102 valence electrons. The third kappa shape index (κ3) is 2.40. The molecule has 1 aliphatic heterocycles. The largest absolute Gasteiger partial charge is 0.329 e. The van der Waals surface area contributed by atoms with Crippen molar-refractivity contribution in [2.75, 3.05) is 11.9 Å². The lowest BCUT2D eigenvalue weighted by atomic mass is 9.93. The molecule has 1 amide bonds. The normalized spacial score (nSPS) is 15.3. The van der Waals surface area contributed by atoms with E-state index in [0.717, 1.165) is 29.1 Å². The smallest absolute Gasteiger partial charge is 0.224 e. The van der Waals surface area contributed by atoms with Crippen LogP contribution in [0.25, 0.3) is 0 Å². The van der Waals surface area contributed by atoms with E-state index in [1.165, 1.54) is 0 Å². The molecule has 1 aliphatic rings. The highest BCUT2D eigenvalue weighted by molar-refractivity contribution is 5.93. The molecule has 1 atom stereocenters. The first-order valence-corrected chi connectivity index (χ1v) is 6.67. The average Bonchev–Trinajstić information content (AvgIpc) is 2.49. The van der Waals surface area contributed by atoms with Crippen LogP contribution < -0.4 is 11.1 Å². The number of nitrogens with zero attached hydrogens (tertiary/aromatic N) is 2. The zero-order chi connectivity index (χ0) is 13.9. The van der Waals surface area contributed by atoms with Gasteiger partial charge in [-0.2, -0.15) is 0 Å². The van der Waals surface area contributed by atoms with Gasteiger partial charge in [0.15, 0.2) is 0 Å². The third-order valence-corrected chi connectivity index (χ3v) is 3.56. The average molecular weight is 268 g/mol. The monoisotopic (exact) mass is 268 g/mol. The highest BCUT2D eigenvalue weighted by Gasteiger charge is 2.19. The number of carbonyl (C=O) groups excluding carboxylic acids is 1. The predicted octanol–water partition coefficient (Wildman–Crippen LogP) is 1.45. The summed E-state index contributed by atoms with van der Waals surface area (Å²) < 4.78 is 0. The second-order valence-electron chi connectivity index (χ2n) is 4.86. The molecule has 0 radical (unpaired) electrons. The van der Waals surface area contributed by atoms with Gasteiger partial charge in [-0.05, 0) is 29.7 Å². The molecule has 0 fully saturated rings. The van der Waals surface area contributed by atoms with E-state index in [9.17, 15) is 4.79 Å². The molecule has 3 rings (SSSR count). The summed E-state index contributed by atoms with van der Waals surface area (Å²) in [6, 6.07) is 7.81. The van der Waals surface area contributed by atoms with Crippen LogP contribution in [0.15, 0.2) is 36.7 Å². The molecule has 2 aromatic rings. The van der Waals surface area contributed by atoms with Crippen LogP contribution in [0.3, 0.4) is 0 Å². The van der Waals surface area contributed by atoms with Gasteiger partial charge in [0.05, 0.1) is 5.92 Å². The lowest BCUT2D eigenvalue weighted by molar-refractivity contribution is -0.116. The minimum absolute atomic E-state index is 0.0147. The van der Waals surface area contributed by atoms with Crippen LogP contribution in [0.1, 0.15) is 29.3 Å². The van der Waals surface area contributed by atoms with Gasteiger partial charge >= 0.3 is 0 Å². The van der Waals surface area contributed by atoms with Gasteiger partial charge < -0.3 is 11.1 Å². The van der Waals surface area contributed by atoms with Crippen LogP contribution in [0, 0.1) is 0 Å². The molecule has 3 N–H and O–H groups in total. The van der Waals surface area contributed by atoms with E-state index in [-0.39, 0.29) is 11.8 Å². The second-order valence-corrected chi connectivity index (χ2v) is 4.86. The number of fused-ring (bicyclic) bond motifs is 1. The van der Waals surface area contributed by atoms with Crippen molar-refractivity contribution < 1.29 is 4.79 Å². The Morgan fingerprint density at radius 3 is 2.80 bits per heavy atom. The summed E-state index contributed by atoms with van der Waals surface area (Å²) in [5.41, 5.74) is 9.02. The number of anilines is 1. The Morgan fingerprint density at radius 1 is 1.25 bits per heavy atom. The fraction of sp³-hybridized carbons (Fsp3) is 0.267. The van der Waals surface area contributed by atoms with Gasteiger partial charge in [-0.25, -0.2) is 9.97 Å². The van der Waals surface area contributed by atoms with Crippen LogP contribution in [0.4, 0.5) is 5.69 Å². The molecule has 5 heteroatoms. The molecule has 1 unspecified atom stereocenters. The van der Waals surface area contributed by atoms with Gasteiger partial charge in [0.25, 0.3) is 0 Å². The van der Waals surface area contributed by atoms with Crippen molar-refractivity contribution in [3.05, 3.63) is 53.6 Å². The molecule has 0 saturated carbocycles. The van der Waals surface area contributed by atoms with Gasteiger partial charge in [-0.15, -0.1) is 0 Å². The second kappa shape index (κ2) is 5.38. The molecule has 20 heavy (non-hydrogen) atoms. The summed E-state index contributed by atoms with van der Waals surface area (Å²) in [4.78, 5) is 20.0. The zero-order valence-electron chi connectivity index (χ0n) is 11.0. The van der Waals surface area contributed by atoms with Crippen LogP contribution in [0.5, 0.6) is 0 Å². The Balaban J connectivity index is 1.95. The lowest BCUT2D eigenvalue weighted by Gasteiger charge is -2.20. The number of amides is 1. The molecule has 0 bridgehead atoms. The highest BCUT2D eigenvalue weighted by Crippen LogP contribution is 2.28. The van der Waals surface area contributed by atoms with Crippen molar-refractivity contribution in [2.24, 2.45) is 5.73 Å². The first-order chi connectivity index (χ1) is 9.78. The Labute approximate surface area is 117 Å². The quantitative estimate of drug-likeness (QED) is 0.883. The van der Waals surface area contributed by atoms with E-state index in [0.29, 0.717) is 13.0 Å². The minimum Gasteiger partial charge on any atom is -0.329 e. The summed E-state index contributed by atoms with van der Waals surface area (Å²) in [7, 11) is 0. The van der Waals surface area contributed by atoms with Crippen LogP contribution in [0.2, 0.25) is 0 Å². The SMILES string of the molecule is NCC(c1ccc2c(c1)CCC(=O)N2)c1ncccn1. The number of nitrogens with two attached hydrogens (primary N) is 1. The Kier molecular flexibility index (Phi) is 3.43. The number of hydrogen-bond donors (Lipinski definition) is 2. The van der Waals surface area contributed by atoms with Gasteiger partial charge in [0, 0.05) is 31.0 Å². The number of carbonyl (C=O) groups is 1. The highest BCUT2D eigenvalue weighted by atomic mass is 16.1. The summed E-state index contributed by atoms with van der Waals surface area (Å²) >= 11 is 0. The first kappa shape index (κ1) is 12.7. The Hall–Kier alpha value is -2.27. The van der Waals surface area contributed by atoms with Crippen molar-refractivity contribution >= 4 is 11.6 Å². The molecule has 2 heterocycles. The van der Waals surface area contributed by atoms with E-state index in [2.05, 4.69) is 21.4 Å². The number of nitrogens with one attached hydrogen (secondary N) is 1. The van der Waals surface area contributed by atoms with E-state index in [1.54, 1.807) is 18.5 Å². The van der Waals surface area contributed by atoms with Crippen molar-refractivity contribution in [3.63, 3.8) is 0 Å². The van der Waals surface area contributed by atoms with Crippen molar-refractivity contribution in [1.29, 1.82) is 0 Å². The molecular formula is C15H16N4O. The summed E-state index contributed by atoms with van der Waals surface area (Å²) in [6.07, 6.45) is 4.75. The first-order valence-electron chi connectivity index (χ1n) is 6.67. The summed E-state index contributed by atoms with van der Waals surface area (Å²) in [5.74, 6) is 0.793. The van der Waals surface area contributed by atoms with Crippen molar-refractivity contribution in [2.45, 2.75) is 18.8 Å². The van der Waals surface area contributed by atoms with Crippen LogP contribution in [-0.2, 0) is 11.2 Å². The summed E-state index contributed by atoms with van der Waals surface area (Å²) in [6.45, 7) is 0.454. The molecular weight excluding hydrogens is 252 g/mol. The summed E-state index contributed by atoms with van der Waals surface area (Å²) in [5, 5.41) is 2.88. The Bertz CT molecular complexity index is 627. The number of rotatable bonds is 3. The van der Waals surface area contributed by atoms with Gasteiger partial charge in [0.1, 0.15) is 5.82 Å². The molecule has 1 aromatic carbocycles. The molecule has 0 spiro atoms. The fourth-order valence-corrected chi connectivity index (χ4v) is 2.50. The van der Waals surface area contributed by atoms with E-state index in [1.807, 2.05) is 12.1 Å². The van der Waals surface area contributed by atoms with E-state index >= 15 is 0 Å². The number of benzene rings is 1. The fourth-order valence-electron chi connectivity index (χ4n) is 2.50. The maximum absolute atomic E-state index is 11.4. The van der Waals surface area contributed by atoms with E-state index in [4.69, 9.17) is 5.73 Å².